The fourth-order valence-electron chi connectivity index (χ4n) is 1.61. The van der Waals surface area contributed by atoms with E-state index >= 15 is 0 Å². The number of fused-ring (bicyclic) bond motifs is 1. The standard InChI is InChI=1S/C10H12FNO/c1-6-10(12)7-3-2-4-9(11)8(7)5-13-6/h2-4,6,10H,5,12H2,1H3/t6-,10+/m1/s1. The molecule has 0 aromatic heterocycles. The van der Waals surface area contributed by atoms with Gasteiger partial charge in [0.15, 0.2) is 0 Å². The van der Waals surface area contributed by atoms with Crippen molar-refractivity contribution in [1.29, 1.82) is 0 Å². The second-order valence-electron chi connectivity index (χ2n) is 3.35. The van der Waals surface area contributed by atoms with E-state index in [1.54, 1.807) is 6.07 Å². The molecule has 1 aliphatic heterocycles. The van der Waals surface area contributed by atoms with Gasteiger partial charge in [-0.1, -0.05) is 12.1 Å². The van der Waals surface area contributed by atoms with Crippen molar-refractivity contribution in [2.24, 2.45) is 5.73 Å². The Balaban J connectivity index is 2.49. The largest absolute Gasteiger partial charge is 0.372 e. The molecule has 1 aliphatic rings. The van der Waals surface area contributed by atoms with Crippen molar-refractivity contribution < 1.29 is 9.13 Å². The molecule has 3 heteroatoms. The van der Waals surface area contributed by atoms with Crippen LogP contribution in [0.3, 0.4) is 0 Å². The van der Waals surface area contributed by atoms with E-state index in [-0.39, 0.29) is 18.0 Å². The topological polar surface area (TPSA) is 35.2 Å². The third-order valence-electron chi connectivity index (χ3n) is 2.51. The molecular weight excluding hydrogens is 169 g/mol. The third-order valence-corrected chi connectivity index (χ3v) is 2.51. The van der Waals surface area contributed by atoms with E-state index in [1.807, 2.05) is 13.0 Å². The summed E-state index contributed by atoms with van der Waals surface area (Å²) in [6.45, 7) is 2.23. The van der Waals surface area contributed by atoms with E-state index in [0.29, 0.717) is 12.2 Å². The molecule has 0 radical (unpaired) electrons. The number of halogens is 1. The number of ether oxygens (including phenoxy) is 1. The number of hydrogen-bond acceptors (Lipinski definition) is 2. The first kappa shape index (κ1) is 8.66. The summed E-state index contributed by atoms with van der Waals surface area (Å²) in [6, 6.07) is 4.78. The average Bonchev–Trinajstić information content (AvgIpc) is 2.12. The quantitative estimate of drug-likeness (QED) is 0.661. The maximum Gasteiger partial charge on any atom is 0.129 e. The van der Waals surface area contributed by atoms with Crippen LogP contribution in [0.2, 0.25) is 0 Å². The third kappa shape index (κ3) is 1.34. The van der Waals surface area contributed by atoms with E-state index < -0.39 is 0 Å². The summed E-state index contributed by atoms with van der Waals surface area (Å²) >= 11 is 0. The molecule has 0 unspecified atom stereocenters. The van der Waals surface area contributed by atoms with Crippen LogP contribution in [0, 0.1) is 5.82 Å². The molecule has 13 heavy (non-hydrogen) atoms. The van der Waals surface area contributed by atoms with Gasteiger partial charge in [0.25, 0.3) is 0 Å². The molecule has 1 aromatic carbocycles. The summed E-state index contributed by atoms with van der Waals surface area (Å²) in [7, 11) is 0. The minimum atomic E-state index is -0.222. The molecule has 2 rings (SSSR count). The van der Waals surface area contributed by atoms with Crippen LogP contribution in [0.4, 0.5) is 4.39 Å². The second kappa shape index (κ2) is 3.09. The molecule has 0 bridgehead atoms. The van der Waals surface area contributed by atoms with Crippen LogP contribution in [-0.4, -0.2) is 6.10 Å². The minimum absolute atomic E-state index is 0.0331. The van der Waals surface area contributed by atoms with E-state index in [4.69, 9.17) is 10.5 Å². The summed E-state index contributed by atoms with van der Waals surface area (Å²) in [5.41, 5.74) is 7.35. The lowest BCUT2D eigenvalue weighted by Crippen LogP contribution is -2.31. The number of benzene rings is 1. The zero-order valence-corrected chi connectivity index (χ0v) is 7.46. The molecule has 1 aromatic rings. The van der Waals surface area contributed by atoms with Crippen molar-refractivity contribution in [1.82, 2.24) is 0 Å². The SMILES string of the molecule is C[C@H]1OCc2c(F)cccc2[C@H]1N. The van der Waals surface area contributed by atoms with Gasteiger partial charge in [0.2, 0.25) is 0 Å². The van der Waals surface area contributed by atoms with Gasteiger partial charge in [-0.15, -0.1) is 0 Å². The highest BCUT2D eigenvalue weighted by Crippen LogP contribution is 2.28. The van der Waals surface area contributed by atoms with E-state index in [2.05, 4.69) is 0 Å². The second-order valence-corrected chi connectivity index (χ2v) is 3.35. The van der Waals surface area contributed by atoms with Crippen molar-refractivity contribution in [2.75, 3.05) is 0 Å². The van der Waals surface area contributed by atoms with Gasteiger partial charge in [-0.3, -0.25) is 0 Å². The van der Waals surface area contributed by atoms with Crippen molar-refractivity contribution >= 4 is 0 Å². The maximum absolute atomic E-state index is 13.2. The van der Waals surface area contributed by atoms with Gasteiger partial charge in [-0.05, 0) is 18.6 Å². The van der Waals surface area contributed by atoms with Gasteiger partial charge >= 0.3 is 0 Å². The molecular formula is C10H12FNO. The van der Waals surface area contributed by atoms with Crippen molar-refractivity contribution in [2.45, 2.75) is 25.7 Å². The van der Waals surface area contributed by atoms with Crippen molar-refractivity contribution in [3.8, 4) is 0 Å². The van der Waals surface area contributed by atoms with Crippen LogP contribution in [0.1, 0.15) is 24.1 Å². The fourth-order valence-corrected chi connectivity index (χ4v) is 1.61. The van der Waals surface area contributed by atoms with Crippen LogP contribution in [0.15, 0.2) is 18.2 Å². The maximum atomic E-state index is 13.2. The van der Waals surface area contributed by atoms with Crippen molar-refractivity contribution in [3.63, 3.8) is 0 Å². The molecule has 0 saturated heterocycles. The van der Waals surface area contributed by atoms with Gasteiger partial charge in [0.1, 0.15) is 5.82 Å². The van der Waals surface area contributed by atoms with Gasteiger partial charge < -0.3 is 10.5 Å². The molecule has 70 valence electrons. The average molecular weight is 181 g/mol. The van der Waals surface area contributed by atoms with E-state index in [9.17, 15) is 4.39 Å². The first-order valence-corrected chi connectivity index (χ1v) is 4.34. The summed E-state index contributed by atoms with van der Waals surface area (Å²) in [5.74, 6) is -0.222. The lowest BCUT2D eigenvalue weighted by Gasteiger charge is -2.28. The summed E-state index contributed by atoms with van der Waals surface area (Å²) in [4.78, 5) is 0. The molecule has 0 saturated carbocycles. The number of nitrogens with two attached hydrogens (primary N) is 1. The Bertz CT molecular complexity index is 327. The lowest BCUT2D eigenvalue weighted by atomic mass is 9.95. The highest BCUT2D eigenvalue weighted by atomic mass is 19.1. The highest BCUT2D eigenvalue weighted by Gasteiger charge is 2.25. The smallest absolute Gasteiger partial charge is 0.129 e. The normalized spacial score (nSPS) is 27.0. The first-order chi connectivity index (χ1) is 6.20. The number of hydrogen-bond donors (Lipinski definition) is 1. The minimum Gasteiger partial charge on any atom is -0.372 e. The molecule has 0 fully saturated rings. The predicted molar refractivity (Wildman–Crippen MR) is 47.6 cm³/mol. The van der Waals surface area contributed by atoms with Crippen LogP contribution in [0.25, 0.3) is 0 Å². The van der Waals surface area contributed by atoms with Gasteiger partial charge in [-0.25, -0.2) is 4.39 Å². The monoisotopic (exact) mass is 181 g/mol. The predicted octanol–water partition coefficient (Wildman–Crippen LogP) is 1.74. The van der Waals surface area contributed by atoms with E-state index in [1.165, 1.54) is 6.07 Å². The van der Waals surface area contributed by atoms with Gasteiger partial charge in [-0.2, -0.15) is 0 Å². The molecule has 2 atom stereocenters. The Hall–Kier alpha value is -0.930. The molecule has 2 nitrogen and oxygen atoms in total. The fraction of sp³-hybridized carbons (Fsp3) is 0.400. The highest BCUT2D eigenvalue weighted by molar-refractivity contribution is 5.32. The van der Waals surface area contributed by atoms with Crippen LogP contribution in [0.5, 0.6) is 0 Å². The Kier molecular flexibility index (Phi) is 2.06. The van der Waals surface area contributed by atoms with Crippen LogP contribution >= 0.6 is 0 Å². The lowest BCUT2D eigenvalue weighted by molar-refractivity contribution is 0.0194. The van der Waals surface area contributed by atoms with Crippen LogP contribution in [-0.2, 0) is 11.3 Å². The zero-order valence-electron chi connectivity index (χ0n) is 7.46. The number of rotatable bonds is 0. The Morgan fingerprint density at radius 2 is 2.31 bits per heavy atom. The Morgan fingerprint density at radius 1 is 1.54 bits per heavy atom. The van der Waals surface area contributed by atoms with Crippen LogP contribution < -0.4 is 5.73 Å². The molecule has 2 N–H and O–H groups in total. The summed E-state index contributed by atoms with van der Waals surface area (Å²) in [6.07, 6.45) is -0.0331. The summed E-state index contributed by atoms with van der Waals surface area (Å²) < 4.78 is 18.6. The summed E-state index contributed by atoms with van der Waals surface area (Å²) in [5, 5.41) is 0. The first-order valence-electron chi connectivity index (χ1n) is 4.34. The molecule has 0 aliphatic carbocycles. The Morgan fingerprint density at radius 3 is 3.08 bits per heavy atom. The zero-order chi connectivity index (χ0) is 9.42. The molecule has 0 spiro atoms. The van der Waals surface area contributed by atoms with E-state index in [0.717, 1.165) is 5.56 Å². The molecule has 0 amide bonds. The van der Waals surface area contributed by atoms with Gasteiger partial charge in [0, 0.05) is 5.56 Å². The van der Waals surface area contributed by atoms with Crippen molar-refractivity contribution in [3.05, 3.63) is 35.1 Å². The van der Waals surface area contributed by atoms with Gasteiger partial charge in [0.05, 0.1) is 18.8 Å². The Labute approximate surface area is 76.5 Å². The molecule has 1 heterocycles.